The van der Waals surface area contributed by atoms with Crippen LogP contribution in [0.15, 0.2) is 0 Å². The number of rotatable bonds is 3. The summed E-state index contributed by atoms with van der Waals surface area (Å²) in [5.41, 5.74) is -0.713. The van der Waals surface area contributed by atoms with Crippen molar-refractivity contribution in [3.05, 3.63) is 0 Å². The van der Waals surface area contributed by atoms with Crippen LogP contribution in [0.4, 0.5) is 0 Å². The van der Waals surface area contributed by atoms with E-state index in [-0.39, 0.29) is 19.2 Å². The van der Waals surface area contributed by atoms with Crippen molar-refractivity contribution >= 4 is 5.97 Å². The zero-order chi connectivity index (χ0) is 7.61. The Morgan fingerprint density at radius 3 is 2.90 bits per heavy atom. The summed E-state index contributed by atoms with van der Waals surface area (Å²) in [6.45, 7) is 2.00. The molecule has 0 radical (unpaired) electrons. The van der Waals surface area contributed by atoms with E-state index in [2.05, 4.69) is 4.74 Å². The second-order valence-electron chi connectivity index (χ2n) is 2.38. The van der Waals surface area contributed by atoms with Gasteiger partial charge in [-0.1, -0.05) is 0 Å². The quantitative estimate of drug-likeness (QED) is 0.423. The monoisotopic (exact) mass is 146 g/mol. The Morgan fingerprint density at radius 1 is 1.90 bits per heavy atom. The number of hydrogen-bond acceptors (Lipinski definition) is 4. The van der Waals surface area contributed by atoms with Gasteiger partial charge >= 0.3 is 5.97 Å². The number of carbonyl (C=O) groups excluding carboxylic acids is 1. The molecule has 1 heterocycles. The van der Waals surface area contributed by atoms with E-state index < -0.39 is 5.60 Å². The van der Waals surface area contributed by atoms with Gasteiger partial charge in [0, 0.05) is 0 Å². The van der Waals surface area contributed by atoms with Crippen molar-refractivity contribution in [2.24, 2.45) is 0 Å². The van der Waals surface area contributed by atoms with Crippen LogP contribution >= 0.6 is 0 Å². The fourth-order valence-corrected chi connectivity index (χ4v) is 0.517. The predicted molar refractivity (Wildman–Crippen MR) is 32.4 cm³/mol. The minimum absolute atomic E-state index is 0.0534. The minimum Gasteiger partial charge on any atom is -0.461 e. The number of aliphatic hydroxyl groups is 1. The maximum Gasteiger partial charge on any atom is 0.340 e. The largest absolute Gasteiger partial charge is 0.461 e. The van der Waals surface area contributed by atoms with E-state index in [1.807, 2.05) is 0 Å². The van der Waals surface area contributed by atoms with E-state index in [0.29, 0.717) is 6.61 Å². The molecular weight excluding hydrogens is 136 g/mol. The average molecular weight is 146 g/mol. The Balaban J connectivity index is 2.22. The lowest BCUT2D eigenvalue weighted by atomic mass is 10.2. The highest BCUT2D eigenvalue weighted by molar-refractivity contribution is 5.81. The van der Waals surface area contributed by atoms with Crippen molar-refractivity contribution in [2.75, 3.05) is 19.8 Å². The van der Waals surface area contributed by atoms with Gasteiger partial charge in [0.15, 0.2) is 5.60 Å². The molecule has 1 saturated heterocycles. The normalized spacial score (nSPS) is 29.8. The molecule has 10 heavy (non-hydrogen) atoms. The van der Waals surface area contributed by atoms with Crippen LogP contribution in [0.3, 0.4) is 0 Å². The SMILES string of the molecule is CC1(C(=O)OCCO)CO1. The molecule has 0 spiro atoms. The van der Waals surface area contributed by atoms with Gasteiger partial charge in [0.2, 0.25) is 0 Å². The van der Waals surface area contributed by atoms with Crippen LogP contribution < -0.4 is 0 Å². The lowest BCUT2D eigenvalue weighted by molar-refractivity contribution is -0.150. The molecule has 0 aromatic rings. The molecule has 1 unspecified atom stereocenters. The molecule has 4 heteroatoms. The lowest BCUT2D eigenvalue weighted by Gasteiger charge is -2.03. The van der Waals surface area contributed by atoms with Crippen molar-refractivity contribution < 1.29 is 19.4 Å². The molecule has 0 bridgehead atoms. The fourth-order valence-electron chi connectivity index (χ4n) is 0.517. The van der Waals surface area contributed by atoms with Crippen LogP contribution in [0, 0.1) is 0 Å². The van der Waals surface area contributed by atoms with Crippen LogP contribution in [-0.4, -0.2) is 36.5 Å². The van der Waals surface area contributed by atoms with Crippen molar-refractivity contribution in [2.45, 2.75) is 12.5 Å². The van der Waals surface area contributed by atoms with Gasteiger partial charge in [-0.05, 0) is 6.92 Å². The number of carbonyl (C=O) groups is 1. The fraction of sp³-hybridized carbons (Fsp3) is 0.833. The molecule has 1 aliphatic heterocycles. The Bertz CT molecular complexity index is 139. The standard InChI is InChI=1S/C6H10O4/c1-6(4-10-6)5(8)9-3-2-7/h7H,2-4H2,1H3. The van der Waals surface area contributed by atoms with E-state index in [9.17, 15) is 4.79 Å². The molecule has 0 aliphatic carbocycles. The van der Waals surface area contributed by atoms with Gasteiger partial charge in [0.05, 0.1) is 13.2 Å². The third-order valence-electron chi connectivity index (χ3n) is 1.33. The molecule has 4 nitrogen and oxygen atoms in total. The summed E-state index contributed by atoms with van der Waals surface area (Å²) in [4.78, 5) is 10.8. The van der Waals surface area contributed by atoms with Gasteiger partial charge in [0.1, 0.15) is 6.61 Å². The van der Waals surface area contributed by atoms with E-state index in [0.717, 1.165) is 0 Å². The van der Waals surface area contributed by atoms with Gasteiger partial charge in [0.25, 0.3) is 0 Å². The van der Waals surface area contributed by atoms with E-state index in [1.165, 1.54) is 0 Å². The average Bonchev–Trinajstić information content (AvgIpc) is 2.64. The van der Waals surface area contributed by atoms with E-state index in [1.54, 1.807) is 6.92 Å². The Hall–Kier alpha value is -0.610. The first-order valence-electron chi connectivity index (χ1n) is 3.11. The summed E-state index contributed by atoms with van der Waals surface area (Å²) in [6, 6.07) is 0. The Kier molecular flexibility index (Phi) is 1.92. The van der Waals surface area contributed by atoms with Crippen LogP contribution in [0.2, 0.25) is 0 Å². The zero-order valence-corrected chi connectivity index (χ0v) is 5.79. The van der Waals surface area contributed by atoms with Crippen LogP contribution in [0.5, 0.6) is 0 Å². The first kappa shape index (κ1) is 7.50. The number of hydrogen-bond donors (Lipinski definition) is 1. The number of aliphatic hydroxyl groups excluding tert-OH is 1. The van der Waals surface area contributed by atoms with Gasteiger partial charge in [-0.25, -0.2) is 4.79 Å². The molecule has 1 atom stereocenters. The van der Waals surface area contributed by atoms with Crippen molar-refractivity contribution in [1.82, 2.24) is 0 Å². The van der Waals surface area contributed by atoms with Crippen molar-refractivity contribution in [3.8, 4) is 0 Å². The first-order chi connectivity index (χ1) is 4.69. The highest BCUT2D eigenvalue weighted by atomic mass is 16.6. The summed E-state index contributed by atoms with van der Waals surface area (Å²) in [5, 5.41) is 8.28. The molecular formula is C6H10O4. The smallest absolute Gasteiger partial charge is 0.340 e. The summed E-state index contributed by atoms with van der Waals surface area (Å²) in [5.74, 6) is -0.387. The van der Waals surface area contributed by atoms with E-state index >= 15 is 0 Å². The molecule has 1 rings (SSSR count). The summed E-state index contributed by atoms with van der Waals surface area (Å²) < 4.78 is 9.40. The summed E-state index contributed by atoms with van der Waals surface area (Å²) in [6.07, 6.45) is 0. The number of epoxide rings is 1. The van der Waals surface area contributed by atoms with Gasteiger partial charge in [-0.2, -0.15) is 0 Å². The third kappa shape index (κ3) is 1.46. The topological polar surface area (TPSA) is 59.1 Å². The Morgan fingerprint density at radius 2 is 2.50 bits per heavy atom. The second kappa shape index (κ2) is 2.56. The molecule has 0 aromatic heterocycles. The number of esters is 1. The second-order valence-corrected chi connectivity index (χ2v) is 2.38. The Labute approximate surface area is 58.7 Å². The lowest BCUT2D eigenvalue weighted by Crippen LogP contribution is -2.24. The third-order valence-corrected chi connectivity index (χ3v) is 1.33. The zero-order valence-electron chi connectivity index (χ0n) is 5.79. The van der Waals surface area contributed by atoms with Gasteiger partial charge in [-0.15, -0.1) is 0 Å². The summed E-state index contributed by atoms with van der Waals surface area (Å²) >= 11 is 0. The minimum atomic E-state index is -0.713. The predicted octanol–water partition coefficient (Wildman–Crippen LogP) is -0.689. The highest BCUT2D eigenvalue weighted by Gasteiger charge is 2.48. The van der Waals surface area contributed by atoms with Crippen LogP contribution in [-0.2, 0) is 14.3 Å². The molecule has 1 aliphatic rings. The van der Waals surface area contributed by atoms with Crippen LogP contribution in [0.1, 0.15) is 6.92 Å². The molecule has 1 N–H and O–H groups in total. The molecule has 1 fully saturated rings. The molecule has 0 saturated carbocycles. The molecule has 0 amide bonds. The molecule has 58 valence electrons. The van der Waals surface area contributed by atoms with Gasteiger partial charge < -0.3 is 14.6 Å². The maximum atomic E-state index is 10.8. The summed E-state index contributed by atoms with van der Waals surface area (Å²) in [7, 11) is 0. The van der Waals surface area contributed by atoms with Gasteiger partial charge in [-0.3, -0.25) is 0 Å². The maximum absolute atomic E-state index is 10.8. The van der Waals surface area contributed by atoms with Crippen molar-refractivity contribution in [3.63, 3.8) is 0 Å². The van der Waals surface area contributed by atoms with Crippen LogP contribution in [0.25, 0.3) is 0 Å². The number of ether oxygens (including phenoxy) is 2. The highest BCUT2D eigenvalue weighted by Crippen LogP contribution is 2.26. The van der Waals surface area contributed by atoms with E-state index in [4.69, 9.17) is 9.84 Å². The molecule has 0 aromatic carbocycles. The van der Waals surface area contributed by atoms with Crippen molar-refractivity contribution in [1.29, 1.82) is 0 Å². The first-order valence-corrected chi connectivity index (χ1v) is 3.11.